The molecule has 4 aromatic rings. The number of ether oxygens (including phenoxy) is 4. The maximum atomic E-state index is 14.1. The summed E-state index contributed by atoms with van der Waals surface area (Å²) in [6.45, 7) is 1.30. The number of carbonyl (C=O) groups excluding carboxylic acids is 6. The molecule has 6 aliphatic heterocycles. The number of unbranched alkanes of at least 4 members (excludes halogenated alkanes) is 2. The molecule has 4 aromatic carbocycles. The minimum atomic E-state index is -1.00. The van der Waals surface area contributed by atoms with Gasteiger partial charge >= 0.3 is 23.9 Å². The van der Waals surface area contributed by atoms with Crippen molar-refractivity contribution in [3.05, 3.63) is 154 Å². The van der Waals surface area contributed by atoms with E-state index in [2.05, 4.69) is 9.80 Å². The molecule has 2 amide bonds. The van der Waals surface area contributed by atoms with Gasteiger partial charge in [-0.15, -0.1) is 0 Å². The van der Waals surface area contributed by atoms with Gasteiger partial charge in [0.2, 0.25) is 11.8 Å². The Morgan fingerprint density at radius 3 is 1.25 bits per heavy atom. The number of methoxy groups -OCH3 is 4. The molecule has 2 saturated heterocycles. The highest BCUT2D eigenvalue weighted by Gasteiger charge is 2.65. The van der Waals surface area contributed by atoms with Crippen molar-refractivity contribution in [3.63, 3.8) is 0 Å². The summed E-state index contributed by atoms with van der Waals surface area (Å²) < 4.78 is 21.4. The van der Waals surface area contributed by atoms with E-state index in [4.69, 9.17) is 28.9 Å². The van der Waals surface area contributed by atoms with Crippen LogP contribution < -0.4 is 9.80 Å². The van der Waals surface area contributed by atoms with Crippen LogP contribution in [0.1, 0.15) is 67.2 Å². The third-order valence-corrected chi connectivity index (χ3v) is 15.0. The molecule has 4 atom stereocenters. The van der Waals surface area contributed by atoms with Crippen molar-refractivity contribution in [2.45, 2.75) is 80.9 Å². The first-order chi connectivity index (χ1) is 34.5. The second-order valence-corrected chi connectivity index (χ2v) is 18.5. The van der Waals surface area contributed by atoms with Gasteiger partial charge in [-0.05, 0) is 66.5 Å². The Morgan fingerprint density at radius 2 is 0.873 bits per heavy atom. The lowest BCUT2D eigenvalue weighted by Gasteiger charge is -2.49. The van der Waals surface area contributed by atoms with E-state index < -0.39 is 46.8 Å². The number of benzene rings is 4. The first-order valence-corrected chi connectivity index (χ1v) is 23.9. The Hall–Kier alpha value is -7.88. The Labute approximate surface area is 411 Å². The average molecular weight is 959 g/mol. The molecule has 0 N–H and O–H groups in total. The highest BCUT2D eigenvalue weighted by Crippen LogP contribution is 2.58. The van der Waals surface area contributed by atoms with Crippen molar-refractivity contribution in [3.8, 4) is 0 Å². The lowest BCUT2D eigenvalue weighted by Crippen LogP contribution is -2.63. The number of fused-ring (bicyclic) bond motifs is 2. The van der Waals surface area contributed by atoms with Crippen molar-refractivity contribution < 1.29 is 47.7 Å². The Morgan fingerprint density at radius 1 is 0.507 bits per heavy atom. The zero-order valence-corrected chi connectivity index (χ0v) is 40.1. The minimum absolute atomic E-state index is 0.0675. The van der Waals surface area contributed by atoms with Gasteiger partial charge in [-0.2, -0.15) is 0 Å². The molecule has 71 heavy (non-hydrogen) atoms. The molecular formula is C55H54N6O10. The number of rotatable bonds is 14. The summed E-state index contributed by atoms with van der Waals surface area (Å²) in [7, 11) is 5.02. The number of likely N-dealkylation sites (tertiary alicyclic amines) is 2. The summed E-state index contributed by atoms with van der Waals surface area (Å²) in [5.41, 5.74) is 2.97. The summed E-state index contributed by atoms with van der Waals surface area (Å²) in [5, 5.41) is 0. The molecule has 16 heteroatoms. The van der Waals surface area contributed by atoms with Gasteiger partial charge in [-0.25, -0.2) is 29.2 Å². The highest BCUT2D eigenvalue weighted by molar-refractivity contribution is 6.17. The van der Waals surface area contributed by atoms with Crippen molar-refractivity contribution >= 4 is 58.7 Å². The van der Waals surface area contributed by atoms with E-state index in [1.165, 1.54) is 28.4 Å². The lowest BCUT2D eigenvalue weighted by atomic mass is 9.65. The minimum Gasteiger partial charge on any atom is -0.466 e. The average Bonchev–Trinajstić information content (AvgIpc) is 3.85. The van der Waals surface area contributed by atoms with Crippen molar-refractivity contribution in [1.29, 1.82) is 0 Å². The van der Waals surface area contributed by atoms with Crippen LogP contribution >= 0.6 is 0 Å². The second-order valence-electron chi connectivity index (χ2n) is 18.5. The van der Waals surface area contributed by atoms with E-state index in [1.807, 2.05) is 109 Å². The van der Waals surface area contributed by atoms with Gasteiger partial charge in [-0.1, -0.05) is 97.1 Å². The van der Waals surface area contributed by atoms with Crippen molar-refractivity contribution in [1.82, 2.24) is 9.80 Å². The Balaban J connectivity index is 0.992. The van der Waals surface area contributed by atoms with Crippen molar-refractivity contribution in [2.24, 2.45) is 9.98 Å². The summed E-state index contributed by atoms with van der Waals surface area (Å²) in [6.07, 6.45) is 2.93. The largest absolute Gasteiger partial charge is 0.466 e. The fraction of sp³-hybridized carbons (Fsp3) is 0.345. The van der Waals surface area contributed by atoms with E-state index in [9.17, 15) is 28.8 Å². The molecule has 0 radical (unpaired) electrons. The van der Waals surface area contributed by atoms with Crippen LogP contribution in [0.2, 0.25) is 0 Å². The maximum absolute atomic E-state index is 14.1. The fourth-order valence-electron chi connectivity index (χ4n) is 12.1. The molecule has 0 aromatic heterocycles. The number of nitrogens with zero attached hydrogens (tertiary/aromatic N) is 6. The fourth-order valence-corrected chi connectivity index (χ4v) is 12.1. The third kappa shape index (κ3) is 7.41. The van der Waals surface area contributed by atoms with E-state index in [0.29, 0.717) is 56.9 Å². The lowest BCUT2D eigenvalue weighted by molar-refractivity contribution is -0.140. The van der Waals surface area contributed by atoms with Crippen LogP contribution in [0.4, 0.5) is 11.4 Å². The molecule has 10 rings (SSSR count). The summed E-state index contributed by atoms with van der Waals surface area (Å²) in [4.78, 5) is 101. The maximum Gasteiger partial charge on any atom is 0.357 e. The number of hydrogen-bond acceptors (Lipinski definition) is 14. The SMILES string of the molecule is COC(=O)C1=C(C(=O)OC)[C@@H]2N(CCCCCN3c4ccccc4[C@]45CCC(=O)N(Cc6ccccc6)C4=NC(C(=O)OC)=C(C(=O)OC)[C@H]35)c3ccccc3[C@@]23CCC(=O)N(Cc2ccccc2)C3=N1. The third-order valence-electron chi connectivity index (χ3n) is 15.0. The number of anilines is 2. The van der Waals surface area contributed by atoms with Crippen LogP contribution in [-0.4, -0.2) is 111 Å². The van der Waals surface area contributed by atoms with Crippen LogP contribution in [-0.2, 0) is 71.6 Å². The zero-order valence-electron chi connectivity index (χ0n) is 40.1. The van der Waals surface area contributed by atoms with E-state index >= 15 is 0 Å². The van der Waals surface area contributed by atoms with Crippen LogP contribution in [0.15, 0.2) is 142 Å². The number of carbonyl (C=O) groups is 6. The molecule has 364 valence electrons. The van der Waals surface area contributed by atoms with Crippen LogP contribution in [0.3, 0.4) is 0 Å². The number of aliphatic imine (C=N–C) groups is 2. The molecule has 6 heterocycles. The van der Waals surface area contributed by atoms with Gasteiger partial charge < -0.3 is 28.7 Å². The number of amidine groups is 2. The number of para-hydroxylation sites is 2. The zero-order chi connectivity index (χ0) is 49.6. The quantitative estimate of drug-likeness (QED) is 0.0810. The molecule has 16 nitrogen and oxygen atoms in total. The highest BCUT2D eigenvalue weighted by atomic mass is 16.5. The standard InChI is InChI=1S/C55H54N6O10/c1-68-48(64)42-44(50(66)70-3)56-52-54(28-26-40(62)60(52)32-34-18-8-5-9-19-34)36-22-12-14-24-38(36)58(46(42)54)30-16-7-17-31-59-39-25-15-13-23-37(39)55-29-27-41(63)61(33-35-20-10-6-11-21-35)53(55)57-45(51(67)71-4)43(47(55)59)49(65)69-2/h5-6,8-15,18-25,46-47H,7,16-17,26-33H2,1-4H3/t46-,47-,54-,55-/m0/s1. The first-order valence-electron chi connectivity index (χ1n) is 23.9. The number of piperidine rings is 2. The van der Waals surface area contributed by atoms with Crippen LogP contribution in [0.25, 0.3) is 0 Å². The molecule has 6 aliphatic rings. The van der Waals surface area contributed by atoms with Gasteiger partial charge in [0.05, 0.1) is 75.6 Å². The second kappa shape index (κ2) is 18.8. The number of hydrogen-bond donors (Lipinski definition) is 0. The first kappa shape index (κ1) is 46.8. The predicted molar refractivity (Wildman–Crippen MR) is 262 cm³/mol. The number of esters is 4. The molecule has 0 saturated carbocycles. The molecule has 0 bridgehead atoms. The van der Waals surface area contributed by atoms with Gasteiger partial charge in [0.25, 0.3) is 0 Å². The Bertz CT molecular complexity index is 2790. The van der Waals surface area contributed by atoms with Crippen LogP contribution in [0, 0.1) is 0 Å². The van der Waals surface area contributed by atoms with Gasteiger partial charge in [0, 0.05) is 37.3 Å². The monoisotopic (exact) mass is 958 g/mol. The molecular weight excluding hydrogens is 905 g/mol. The van der Waals surface area contributed by atoms with E-state index in [0.717, 1.165) is 33.6 Å². The summed E-state index contributed by atoms with van der Waals surface area (Å²) in [6, 6.07) is 33.4. The molecule has 2 spiro atoms. The van der Waals surface area contributed by atoms with Gasteiger partial charge in [0.15, 0.2) is 11.4 Å². The smallest absolute Gasteiger partial charge is 0.357 e. The van der Waals surface area contributed by atoms with Crippen LogP contribution in [0.5, 0.6) is 0 Å². The molecule has 0 aliphatic carbocycles. The topological polar surface area (TPSA) is 177 Å². The predicted octanol–water partition coefficient (Wildman–Crippen LogP) is 6.08. The number of amides is 2. The van der Waals surface area contributed by atoms with Gasteiger partial charge in [0.1, 0.15) is 11.7 Å². The van der Waals surface area contributed by atoms with E-state index in [-0.39, 0.29) is 60.3 Å². The Kier molecular flexibility index (Phi) is 12.4. The van der Waals surface area contributed by atoms with Crippen molar-refractivity contribution in [2.75, 3.05) is 51.3 Å². The van der Waals surface area contributed by atoms with E-state index in [1.54, 1.807) is 9.80 Å². The molecule has 0 unspecified atom stereocenters. The normalized spacial score (nSPS) is 22.9. The summed E-state index contributed by atoms with van der Waals surface area (Å²) >= 11 is 0. The van der Waals surface area contributed by atoms with Gasteiger partial charge in [-0.3, -0.25) is 19.4 Å². The molecule has 2 fully saturated rings. The summed E-state index contributed by atoms with van der Waals surface area (Å²) in [5.74, 6) is -2.59.